The number of rotatable bonds is 3. The van der Waals surface area contributed by atoms with Crippen LogP contribution in [0.5, 0.6) is 0 Å². The second-order valence-corrected chi connectivity index (χ2v) is 6.30. The number of amides is 1. The molecule has 1 saturated heterocycles. The Labute approximate surface area is 147 Å². The molecule has 7 nitrogen and oxygen atoms in total. The molecule has 1 aliphatic carbocycles. The van der Waals surface area contributed by atoms with Gasteiger partial charge in [0.2, 0.25) is 0 Å². The highest BCUT2D eigenvalue weighted by Gasteiger charge is 2.47. The van der Waals surface area contributed by atoms with Crippen molar-refractivity contribution in [3.63, 3.8) is 0 Å². The van der Waals surface area contributed by atoms with Gasteiger partial charge in [-0.2, -0.15) is 18.4 Å². The van der Waals surface area contributed by atoms with Gasteiger partial charge in [-0.25, -0.2) is 5.43 Å². The summed E-state index contributed by atoms with van der Waals surface area (Å²) in [5.41, 5.74) is 2.01. The van der Waals surface area contributed by atoms with Gasteiger partial charge in [-0.05, 0) is 18.9 Å². The van der Waals surface area contributed by atoms with Crippen LogP contribution in [0.3, 0.4) is 0 Å². The smallest absolute Gasteiger partial charge is 0.348 e. The van der Waals surface area contributed by atoms with Crippen LogP contribution in [0.1, 0.15) is 41.6 Å². The molecule has 1 aliphatic heterocycles. The van der Waals surface area contributed by atoms with Crippen molar-refractivity contribution in [2.45, 2.75) is 43.2 Å². The van der Waals surface area contributed by atoms with Crippen LogP contribution in [0.25, 0.3) is 0 Å². The first-order valence-corrected chi connectivity index (χ1v) is 8.07. The lowest BCUT2D eigenvalue weighted by Crippen LogP contribution is -2.57. The minimum absolute atomic E-state index is 0.322. The predicted octanol–water partition coefficient (Wildman–Crippen LogP) is 1.91. The molecule has 1 spiro atoms. The topological polar surface area (TPSA) is 96.3 Å². The average molecular weight is 370 g/mol. The molecule has 2 aliphatic rings. The lowest BCUT2D eigenvalue weighted by atomic mass is 9.80. The van der Waals surface area contributed by atoms with Crippen molar-refractivity contribution in [3.05, 3.63) is 29.6 Å². The first-order chi connectivity index (χ1) is 12.3. The largest absolute Gasteiger partial charge is 0.417 e. The van der Waals surface area contributed by atoms with Crippen molar-refractivity contribution in [1.82, 2.24) is 15.8 Å². The number of halogens is 3. The molecule has 2 fully saturated rings. The molecule has 2 heterocycles. The SMILES string of the molecule is N#CC1(NNC(=O)c2cnccc2C(F)(F)F)CCC2(CC1)OCCO2. The Morgan fingerprint density at radius 1 is 1.23 bits per heavy atom. The Morgan fingerprint density at radius 2 is 1.88 bits per heavy atom. The van der Waals surface area contributed by atoms with Gasteiger partial charge in [0.15, 0.2) is 5.79 Å². The number of hydrogen-bond acceptors (Lipinski definition) is 6. The third kappa shape index (κ3) is 3.65. The first-order valence-electron chi connectivity index (χ1n) is 8.07. The van der Waals surface area contributed by atoms with Crippen LogP contribution in [0.2, 0.25) is 0 Å². The van der Waals surface area contributed by atoms with E-state index >= 15 is 0 Å². The number of nitrogens with one attached hydrogen (secondary N) is 2. The third-order valence-corrected chi connectivity index (χ3v) is 4.68. The highest BCUT2D eigenvalue weighted by Crippen LogP contribution is 2.39. The molecule has 0 aromatic carbocycles. The Balaban J connectivity index is 1.67. The monoisotopic (exact) mass is 370 g/mol. The van der Waals surface area contributed by atoms with E-state index in [9.17, 15) is 23.2 Å². The molecule has 0 atom stereocenters. The van der Waals surface area contributed by atoms with Crippen molar-refractivity contribution in [2.24, 2.45) is 0 Å². The molecule has 1 aromatic rings. The molecule has 1 saturated carbocycles. The number of hydrogen-bond donors (Lipinski definition) is 2. The van der Waals surface area contributed by atoms with Crippen LogP contribution >= 0.6 is 0 Å². The summed E-state index contributed by atoms with van der Waals surface area (Å²) in [6, 6.07) is 2.83. The molecule has 3 rings (SSSR count). The average Bonchev–Trinajstić information content (AvgIpc) is 3.09. The number of carbonyl (C=O) groups is 1. The third-order valence-electron chi connectivity index (χ3n) is 4.68. The Morgan fingerprint density at radius 3 is 2.46 bits per heavy atom. The van der Waals surface area contributed by atoms with Crippen molar-refractivity contribution in [3.8, 4) is 6.07 Å². The summed E-state index contributed by atoms with van der Waals surface area (Å²) in [6.45, 7) is 0.982. The predicted molar refractivity (Wildman–Crippen MR) is 81.3 cm³/mol. The lowest BCUT2D eigenvalue weighted by Gasteiger charge is -2.40. The van der Waals surface area contributed by atoms with Gasteiger partial charge in [-0.3, -0.25) is 15.2 Å². The van der Waals surface area contributed by atoms with E-state index in [1.165, 1.54) is 0 Å². The second-order valence-electron chi connectivity index (χ2n) is 6.30. The summed E-state index contributed by atoms with van der Waals surface area (Å²) in [5.74, 6) is -1.70. The zero-order valence-electron chi connectivity index (χ0n) is 13.7. The molecule has 26 heavy (non-hydrogen) atoms. The maximum absolute atomic E-state index is 13.0. The highest BCUT2D eigenvalue weighted by atomic mass is 19.4. The van der Waals surface area contributed by atoms with E-state index in [0.717, 1.165) is 18.5 Å². The molecule has 0 unspecified atom stereocenters. The summed E-state index contributed by atoms with van der Waals surface area (Å²) < 4.78 is 50.2. The van der Waals surface area contributed by atoms with Gasteiger partial charge in [0.25, 0.3) is 5.91 Å². The van der Waals surface area contributed by atoms with Gasteiger partial charge in [-0.15, -0.1) is 0 Å². The summed E-state index contributed by atoms with van der Waals surface area (Å²) in [6.07, 6.45) is -1.34. The van der Waals surface area contributed by atoms with Crippen molar-refractivity contribution < 1.29 is 27.4 Å². The number of hydrazine groups is 1. The van der Waals surface area contributed by atoms with Gasteiger partial charge >= 0.3 is 6.18 Å². The fraction of sp³-hybridized carbons (Fsp3) is 0.562. The quantitative estimate of drug-likeness (QED) is 0.789. The minimum Gasteiger partial charge on any atom is -0.348 e. The molecular formula is C16H17F3N4O3. The Bertz CT molecular complexity index is 716. The van der Waals surface area contributed by atoms with E-state index in [2.05, 4.69) is 21.9 Å². The number of nitrogens with zero attached hydrogens (tertiary/aromatic N) is 2. The van der Waals surface area contributed by atoms with Gasteiger partial charge in [0.05, 0.1) is 30.4 Å². The van der Waals surface area contributed by atoms with Gasteiger partial charge in [-0.1, -0.05) is 0 Å². The standard InChI is InChI=1S/C16H17F3N4O3/c17-16(18,19)12-1-6-21-9-11(12)13(24)22-23-14(10-20)2-4-15(5-3-14)25-7-8-26-15/h1,6,9,23H,2-5,7-8H2,(H,22,24). The maximum atomic E-state index is 13.0. The summed E-state index contributed by atoms with van der Waals surface area (Å²) in [7, 11) is 0. The molecule has 0 radical (unpaired) electrons. The van der Waals surface area contributed by atoms with E-state index in [4.69, 9.17) is 9.47 Å². The van der Waals surface area contributed by atoms with Gasteiger partial charge in [0, 0.05) is 25.2 Å². The zero-order chi connectivity index (χ0) is 18.8. The molecule has 1 amide bonds. The lowest BCUT2D eigenvalue weighted by molar-refractivity contribution is -0.183. The number of carbonyl (C=O) groups excluding carboxylic acids is 1. The highest BCUT2D eigenvalue weighted by molar-refractivity contribution is 5.95. The maximum Gasteiger partial charge on any atom is 0.417 e. The van der Waals surface area contributed by atoms with E-state index in [1.54, 1.807) is 0 Å². The zero-order valence-corrected chi connectivity index (χ0v) is 13.7. The van der Waals surface area contributed by atoms with Crippen molar-refractivity contribution >= 4 is 5.91 Å². The number of pyridine rings is 1. The summed E-state index contributed by atoms with van der Waals surface area (Å²) >= 11 is 0. The summed E-state index contributed by atoms with van der Waals surface area (Å²) in [5, 5.41) is 9.50. The van der Waals surface area contributed by atoms with Crippen molar-refractivity contribution in [2.75, 3.05) is 13.2 Å². The number of aromatic nitrogens is 1. The van der Waals surface area contributed by atoms with Crippen LogP contribution < -0.4 is 10.9 Å². The van der Waals surface area contributed by atoms with Crippen LogP contribution in [0, 0.1) is 11.3 Å². The number of ether oxygens (including phenoxy) is 2. The molecule has 140 valence electrons. The van der Waals surface area contributed by atoms with E-state index in [1.807, 2.05) is 0 Å². The van der Waals surface area contributed by atoms with Crippen LogP contribution in [-0.2, 0) is 15.7 Å². The number of alkyl halides is 3. The number of nitriles is 1. The molecular weight excluding hydrogens is 353 g/mol. The van der Waals surface area contributed by atoms with Crippen LogP contribution in [-0.4, -0.2) is 35.4 Å². The van der Waals surface area contributed by atoms with E-state index in [-0.39, 0.29) is 0 Å². The van der Waals surface area contributed by atoms with E-state index < -0.39 is 34.5 Å². The molecule has 0 bridgehead atoms. The summed E-state index contributed by atoms with van der Waals surface area (Å²) in [4.78, 5) is 15.8. The fourth-order valence-electron chi connectivity index (χ4n) is 3.17. The minimum atomic E-state index is -4.68. The molecule has 1 aromatic heterocycles. The van der Waals surface area contributed by atoms with Gasteiger partial charge in [0.1, 0.15) is 5.54 Å². The Kier molecular flexibility index (Phi) is 4.88. The van der Waals surface area contributed by atoms with Crippen molar-refractivity contribution in [1.29, 1.82) is 5.26 Å². The molecule has 2 N–H and O–H groups in total. The fourth-order valence-corrected chi connectivity index (χ4v) is 3.17. The van der Waals surface area contributed by atoms with Crippen LogP contribution in [0.4, 0.5) is 13.2 Å². The van der Waals surface area contributed by atoms with Crippen LogP contribution in [0.15, 0.2) is 18.5 Å². The van der Waals surface area contributed by atoms with E-state index in [0.29, 0.717) is 38.9 Å². The molecule has 10 heteroatoms. The first kappa shape index (κ1) is 18.6. The second kappa shape index (κ2) is 6.83. The van der Waals surface area contributed by atoms with Gasteiger partial charge < -0.3 is 9.47 Å². The Hall–Kier alpha value is -2.22. The normalized spacial score (nSPS) is 21.3.